The van der Waals surface area contributed by atoms with Crippen LogP contribution in [0.2, 0.25) is 0 Å². The molecule has 0 atom stereocenters. The Balaban J connectivity index is 1.96. The van der Waals surface area contributed by atoms with Crippen molar-refractivity contribution in [1.82, 2.24) is 5.32 Å². The summed E-state index contributed by atoms with van der Waals surface area (Å²) in [7, 11) is 0. The SMILES string of the molecule is O=C(O)COCCNC(=O)CCOCc1ccccc1. The van der Waals surface area contributed by atoms with Gasteiger partial charge in [0.15, 0.2) is 0 Å². The molecule has 0 saturated heterocycles. The standard InChI is InChI=1S/C14H19NO5/c16-13(15-7-9-20-11-14(17)18)6-8-19-10-12-4-2-1-3-5-12/h1-5H,6-11H2,(H,15,16)(H,17,18). The zero-order valence-corrected chi connectivity index (χ0v) is 11.2. The lowest BCUT2D eigenvalue weighted by atomic mass is 10.2. The first kappa shape index (κ1) is 16.1. The van der Waals surface area contributed by atoms with Crippen LogP contribution in [0.5, 0.6) is 0 Å². The third-order valence-electron chi connectivity index (χ3n) is 2.38. The molecule has 1 rings (SSSR count). The molecule has 0 aliphatic heterocycles. The summed E-state index contributed by atoms with van der Waals surface area (Å²) in [5.74, 6) is -1.16. The van der Waals surface area contributed by atoms with Gasteiger partial charge in [-0.2, -0.15) is 0 Å². The zero-order valence-electron chi connectivity index (χ0n) is 11.2. The van der Waals surface area contributed by atoms with E-state index in [-0.39, 0.29) is 25.5 Å². The molecule has 20 heavy (non-hydrogen) atoms. The average molecular weight is 281 g/mol. The maximum Gasteiger partial charge on any atom is 0.329 e. The highest BCUT2D eigenvalue weighted by Gasteiger charge is 2.01. The Hall–Kier alpha value is -1.92. The Morgan fingerprint density at radius 2 is 1.85 bits per heavy atom. The summed E-state index contributed by atoms with van der Waals surface area (Å²) in [5, 5.41) is 10.9. The number of carbonyl (C=O) groups excluding carboxylic acids is 1. The second-order valence-corrected chi connectivity index (χ2v) is 4.08. The van der Waals surface area contributed by atoms with Gasteiger partial charge in [0, 0.05) is 13.0 Å². The number of nitrogens with one attached hydrogen (secondary N) is 1. The van der Waals surface area contributed by atoms with E-state index in [9.17, 15) is 9.59 Å². The van der Waals surface area contributed by atoms with Crippen LogP contribution in [0.15, 0.2) is 30.3 Å². The van der Waals surface area contributed by atoms with E-state index >= 15 is 0 Å². The fourth-order valence-corrected chi connectivity index (χ4v) is 1.44. The van der Waals surface area contributed by atoms with Gasteiger partial charge in [0.2, 0.25) is 5.91 Å². The molecule has 0 unspecified atom stereocenters. The molecule has 0 bridgehead atoms. The van der Waals surface area contributed by atoms with Crippen LogP contribution in [0, 0.1) is 0 Å². The van der Waals surface area contributed by atoms with Crippen molar-refractivity contribution in [3.63, 3.8) is 0 Å². The second-order valence-electron chi connectivity index (χ2n) is 4.08. The largest absolute Gasteiger partial charge is 0.480 e. The van der Waals surface area contributed by atoms with E-state index in [0.717, 1.165) is 5.56 Å². The second kappa shape index (κ2) is 9.94. The van der Waals surface area contributed by atoms with Crippen LogP contribution in [0.3, 0.4) is 0 Å². The van der Waals surface area contributed by atoms with E-state index < -0.39 is 5.97 Å². The van der Waals surface area contributed by atoms with Gasteiger partial charge in [0.05, 0.1) is 19.8 Å². The van der Waals surface area contributed by atoms with Crippen molar-refractivity contribution in [2.24, 2.45) is 0 Å². The fraction of sp³-hybridized carbons (Fsp3) is 0.429. The molecule has 6 nitrogen and oxygen atoms in total. The lowest BCUT2D eigenvalue weighted by Crippen LogP contribution is -2.28. The van der Waals surface area contributed by atoms with Crippen LogP contribution in [0.25, 0.3) is 0 Å². The first-order chi connectivity index (χ1) is 9.68. The molecule has 1 amide bonds. The smallest absolute Gasteiger partial charge is 0.329 e. The van der Waals surface area contributed by atoms with E-state index in [1.165, 1.54) is 0 Å². The predicted octanol–water partition coefficient (Wildman–Crippen LogP) is 0.811. The number of aliphatic carboxylic acids is 1. The minimum absolute atomic E-state index is 0.142. The first-order valence-corrected chi connectivity index (χ1v) is 6.36. The quantitative estimate of drug-likeness (QED) is 0.620. The van der Waals surface area contributed by atoms with Crippen molar-refractivity contribution in [2.75, 3.05) is 26.4 Å². The molecule has 0 radical (unpaired) electrons. The Labute approximate surface area is 117 Å². The molecule has 0 heterocycles. The van der Waals surface area contributed by atoms with Gasteiger partial charge in [-0.15, -0.1) is 0 Å². The lowest BCUT2D eigenvalue weighted by Gasteiger charge is -2.06. The number of amides is 1. The number of hydrogen-bond acceptors (Lipinski definition) is 4. The molecular formula is C14H19NO5. The van der Waals surface area contributed by atoms with Gasteiger partial charge in [0.1, 0.15) is 6.61 Å². The molecule has 0 aliphatic rings. The van der Waals surface area contributed by atoms with Gasteiger partial charge in [-0.25, -0.2) is 4.79 Å². The fourth-order valence-electron chi connectivity index (χ4n) is 1.44. The number of rotatable bonds is 10. The number of carboxylic acid groups (broad SMARTS) is 1. The molecule has 0 aliphatic carbocycles. The van der Waals surface area contributed by atoms with Gasteiger partial charge >= 0.3 is 5.97 Å². The number of ether oxygens (including phenoxy) is 2. The maximum absolute atomic E-state index is 11.4. The van der Waals surface area contributed by atoms with Gasteiger partial charge in [-0.3, -0.25) is 4.79 Å². The summed E-state index contributed by atoms with van der Waals surface area (Å²) in [4.78, 5) is 21.5. The average Bonchev–Trinajstić information content (AvgIpc) is 2.44. The lowest BCUT2D eigenvalue weighted by molar-refractivity contribution is -0.142. The van der Waals surface area contributed by atoms with E-state index in [1.807, 2.05) is 30.3 Å². The van der Waals surface area contributed by atoms with Crippen LogP contribution in [-0.2, 0) is 25.7 Å². The number of carboxylic acids is 1. The van der Waals surface area contributed by atoms with Crippen molar-refractivity contribution in [3.05, 3.63) is 35.9 Å². The number of hydrogen-bond donors (Lipinski definition) is 2. The molecule has 1 aromatic carbocycles. The van der Waals surface area contributed by atoms with Crippen LogP contribution < -0.4 is 5.32 Å². The molecule has 0 saturated carbocycles. The number of carbonyl (C=O) groups is 2. The van der Waals surface area contributed by atoms with Crippen LogP contribution in [0.4, 0.5) is 0 Å². The summed E-state index contributed by atoms with van der Waals surface area (Å²) in [6.07, 6.45) is 0.270. The summed E-state index contributed by atoms with van der Waals surface area (Å²) >= 11 is 0. The van der Waals surface area contributed by atoms with Gasteiger partial charge in [-0.05, 0) is 5.56 Å². The van der Waals surface area contributed by atoms with E-state index in [2.05, 4.69) is 5.32 Å². The highest BCUT2D eigenvalue weighted by atomic mass is 16.5. The Kier molecular flexibility index (Phi) is 8.02. The molecule has 2 N–H and O–H groups in total. The van der Waals surface area contributed by atoms with E-state index in [0.29, 0.717) is 19.8 Å². The minimum Gasteiger partial charge on any atom is -0.480 e. The monoisotopic (exact) mass is 281 g/mol. The van der Waals surface area contributed by atoms with Crippen molar-refractivity contribution in [2.45, 2.75) is 13.0 Å². The summed E-state index contributed by atoms with van der Waals surface area (Å²) in [6.45, 7) is 0.955. The minimum atomic E-state index is -1.02. The van der Waals surface area contributed by atoms with Crippen LogP contribution in [-0.4, -0.2) is 43.3 Å². The number of benzene rings is 1. The van der Waals surface area contributed by atoms with Gasteiger partial charge in [0.25, 0.3) is 0 Å². The van der Waals surface area contributed by atoms with Gasteiger partial charge < -0.3 is 19.9 Å². The molecule has 6 heteroatoms. The highest BCUT2D eigenvalue weighted by Crippen LogP contribution is 2.00. The summed E-state index contributed by atoms with van der Waals surface area (Å²) < 4.78 is 10.2. The topological polar surface area (TPSA) is 84.9 Å². The third-order valence-corrected chi connectivity index (χ3v) is 2.38. The Bertz CT molecular complexity index is 407. The third kappa shape index (κ3) is 8.23. The van der Waals surface area contributed by atoms with Gasteiger partial charge in [-0.1, -0.05) is 30.3 Å². The molecular weight excluding hydrogens is 262 g/mol. The molecule has 0 aromatic heterocycles. The van der Waals surface area contributed by atoms with Crippen LogP contribution in [0.1, 0.15) is 12.0 Å². The summed E-state index contributed by atoms with van der Waals surface area (Å²) in [6, 6.07) is 9.72. The normalized spacial score (nSPS) is 10.2. The van der Waals surface area contributed by atoms with Crippen molar-refractivity contribution in [3.8, 4) is 0 Å². The Morgan fingerprint density at radius 1 is 1.10 bits per heavy atom. The van der Waals surface area contributed by atoms with Crippen LogP contribution >= 0.6 is 0 Å². The first-order valence-electron chi connectivity index (χ1n) is 6.36. The maximum atomic E-state index is 11.4. The van der Waals surface area contributed by atoms with Crippen molar-refractivity contribution >= 4 is 11.9 Å². The highest BCUT2D eigenvalue weighted by molar-refractivity contribution is 5.75. The molecule has 1 aromatic rings. The predicted molar refractivity (Wildman–Crippen MR) is 72.2 cm³/mol. The molecule has 110 valence electrons. The van der Waals surface area contributed by atoms with Crippen molar-refractivity contribution in [1.29, 1.82) is 0 Å². The molecule has 0 spiro atoms. The zero-order chi connectivity index (χ0) is 14.6. The molecule has 0 fully saturated rings. The van der Waals surface area contributed by atoms with E-state index in [1.54, 1.807) is 0 Å². The van der Waals surface area contributed by atoms with Crippen molar-refractivity contribution < 1.29 is 24.2 Å². The summed E-state index contributed by atoms with van der Waals surface area (Å²) in [5.41, 5.74) is 1.06. The van der Waals surface area contributed by atoms with E-state index in [4.69, 9.17) is 14.6 Å². The Morgan fingerprint density at radius 3 is 2.55 bits per heavy atom.